The molecule has 1 aliphatic rings. The van der Waals surface area contributed by atoms with Gasteiger partial charge in [-0.1, -0.05) is 0 Å². The van der Waals surface area contributed by atoms with Gasteiger partial charge < -0.3 is 11.1 Å². The smallest absolute Gasteiger partial charge is 0.231 e. The van der Waals surface area contributed by atoms with E-state index in [1.807, 2.05) is 25.1 Å². The standard InChI is InChI=1S/C18H16FN5O/c1-9-11(3-2-4-21-9)15-5-10-6-16(22-8-13(10)17(20)23-15)24-18(25)12-7-14(12)19/h2-6,8,12,14H,7H2,1H3,(H2,20,23)(H,22,24,25)/t12-,14+/m1/s1. The number of nitrogens with one attached hydrogen (secondary N) is 1. The van der Waals surface area contributed by atoms with E-state index in [9.17, 15) is 9.18 Å². The average molecular weight is 337 g/mol. The second-order valence-corrected chi connectivity index (χ2v) is 6.17. The number of nitrogen functional groups attached to an aromatic ring is 1. The van der Waals surface area contributed by atoms with Crippen molar-refractivity contribution >= 4 is 28.3 Å². The molecule has 3 aromatic heterocycles. The maximum absolute atomic E-state index is 13.0. The van der Waals surface area contributed by atoms with E-state index >= 15 is 0 Å². The Kier molecular flexibility index (Phi) is 3.56. The highest BCUT2D eigenvalue weighted by atomic mass is 19.1. The topological polar surface area (TPSA) is 93.8 Å². The Labute approximate surface area is 143 Å². The van der Waals surface area contributed by atoms with Gasteiger partial charge in [-0.05, 0) is 43.0 Å². The van der Waals surface area contributed by atoms with Gasteiger partial charge in [-0.15, -0.1) is 0 Å². The van der Waals surface area contributed by atoms with Gasteiger partial charge in [-0.25, -0.2) is 14.4 Å². The van der Waals surface area contributed by atoms with Gasteiger partial charge in [0.15, 0.2) is 0 Å². The van der Waals surface area contributed by atoms with E-state index in [0.717, 1.165) is 16.6 Å². The Morgan fingerprint density at radius 2 is 2.16 bits per heavy atom. The molecule has 6 nitrogen and oxygen atoms in total. The van der Waals surface area contributed by atoms with Crippen LogP contribution in [0.2, 0.25) is 0 Å². The number of halogens is 1. The number of aryl methyl sites for hydroxylation is 1. The molecule has 4 rings (SSSR count). The zero-order chi connectivity index (χ0) is 17.6. The van der Waals surface area contributed by atoms with Crippen molar-refractivity contribution in [3.63, 3.8) is 0 Å². The van der Waals surface area contributed by atoms with Gasteiger partial charge in [-0.2, -0.15) is 0 Å². The van der Waals surface area contributed by atoms with Crippen LogP contribution >= 0.6 is 0 Å². The van der Waals surface area contributed by atoms with E-state index in [2.05, 4.69) is 20.3 Å². The Morgan fingerprint density at radius 3 is 2.88 bits per heavy atom. The van der Waals surface area contributed by atoms with Crippen LogP contribution in [0.15, 0.2) is 36.7 Å². The van der Waals surface area contributed by atoms with Crippen LogP contribution in [0.5, 0.6) is 0 Å². The van der Waals surface area contributed by atoms with E-state index in [1.54, 1.807) is 18.5 Å². The van der Waals surface area contributed by atoms with Gasteiger partial charge in [0.05, 0.1) is 11.6 Å². The van der Waals surface area contributed by atoms with E-state index in [1.165, 1.54) is 0 Å². The van der Waals surface area contributed by atoms with Crippen LogP contribution in [0.3, 0.4) is 0 Å². The molecule has 0 bridgehead atoms. The number of rotatable bonds is 3. The van der Waals surface area contributed by atoms with E-state index < -0.39 is 12.1 Å². The number of anilines is 2. The molecule has 1 fully saturated rings. The fraction of sp³-hybridized carbons (Fsp3) is 0.222. The van der Waals surface area contributed by atoms with Crippen molar-refractivity contribution in [3.05, 3.63) is 42.4 Å². The maximum Gasteiger partial charge on any atom is 0.231 e. The molecule has 1 aliphatic carbocycles. The molecule has 1 saturated carbocycles. The summed E-state index contributed by atoms with van der Waals surface area (Å²) in [7, 11) is 0. The number of nitrogens with two attached hydrogens (primary N) is 1. The molecule has 3 aromatic rings. The molecule has 1 amide bonds. The number of nitrogens with zero attached hydrogens (tertiary/aromatic N) is 3. The number of carbonyl (C=O) groups excluding carboxylic acids is 1. The van der Waals surface area contributed by atoms with Crippen molar-refractivity contribution in [3.8, 4) is 11.3 Å². The zero-order valence-electron chi connectivity index (χ0n) is 13.5. The molecule has 0 saturated heterocycles. The van der Waals surface area contributed by atoms with Crippen molar-refractivity contribution < 1.29 is 9.18 Å². The lowest BCUT2D eigenvalue weighted by Gasteiger charge is -2.09. The first kappa shape index (κ1) is 15.4. The summed E-state index contributed by atoms with van der Waals surface area (Å²) in [6, 6.07) is 7.36. The number of hydrogen-bond donors (Lipinski definition) is 2. The van der Waals surface area contributed by atoms with Crippen molar-refractivity contribution in [2.75, 3.05) is 11.1 Å². The highest BCUT2D eigenvalue weighted by molar-refractivity contribution is 5.98. The number of alkyl halides is 1. The summed E-state index contributed by atoms with van der Waals surface area (Å²) >= 11 is 0. The molecule has 3 N–H and O–H groups in total. The summed E-state index contributed by atoms with van der Waals surface area (Å²) in [5, 5.41) is 4.14. The molecular weight excluding hydrogens is 321 g/mol. The van der Waals surface area contributed by atoms with Crippen LogP contribution in [0, 0.1) is 12.8 Å². The summed E-state index contributed by atoms with van der Waals surface area (Å²) in [5.41, 5.74) is 8.50. The zero-order valence-corrected chi connectivity index (χ0v) is 13.5. The van der Waals surface area contributed by atoms with Crippen molar-refractivity contribution in [1.82, 2.24) is 15.0 Å². The molecule has 0 aromatic carbocycles. The number of pyridine rings is 3. The van der Waals surface area contributed by atoms with Crippen LogP contribution in [-0.2, 0) is 4.79 Å². The summed E-state index contributed by atoms with van der Waals surface area (Å²) < 4.78 is 13.0. The summed E-state index contributed by atoms with van der Waals surface area (Å²) in [6.07, 6.45) is 2.52. The van der Waals surface area contributed by atoms with Crippen molar-refractivity contribution in [1.29, 1.82) is 0 Å². The second kappa shape index (κ2) is 5.77. The third-order valence-electron chi connectivity index (χ3n) is 4.33. The van der Waals surface area contributed by atoms with Gasteiger partial charge in [0.1, 0.15) is 17.8 Å². The predicted octanol–water partition coefficient (Wildman–Crippen LogP) is 2.88. The Balaban J connectivity index is 1.73. The molecule has 25 heavy (non-hydrogen) atoms. The van der Waals surface area contributed by atoms with Crippen LogP contribution in [0.1, 0.15) is 12.1 Å². The van der Waals surface area contributed by atoms with Crippen LogP contribution in [-0.4, -0.2) is 27.0 Å². The summed E-state index contributed by atoms with van der Waals surface area (Å²) in [6.45, 7) is 1.90. The predicted molar refractivity (Wildman–Crippen MR) is 93.6 cm³/mol. The Hall–Kier alpha value is -3.09. The molecule has 0 radical (unpaired) electrons. The summed E-state index contributed by atoms with van der Waals surface area (Å²) in [5.74, 6) is -0.179. The highest BCUT2D eigenvalue weighted by Crippen LogP contribution is 2.35. The van der Waals surface area contributed by atoms with Crippen LogP contribution < -0.4 is 11.1 Å². The normalized spacial score (nSPS) is 19.0. The minimum Gasteiger partial charge on any atom is -0.383 e. The highest BCUT2D eigenvalue weighted by Gasteiger charge is 2.43. The minimum absolute atomic E-state index is 0.278. The van der Waals surface area contributed by atoms with E-state index in [0.29, 0.717) is 22.7 Å². The minimum atomic E-state index is -1.04. The van der Waals surface area contributed by atoms with Gasteiger partial charge in [0.25, 0.3) is 0 Å². The second-order valence-electron chi connectivity index (χ2n) is 6.17. The number of aromatic nitrogens is 3. The fourth-order valence-electron chi connectivity index (χ4n) is 2.79. The first-order chi connectivity index (χ1) is 12.0. The van der Waals surface area contributed by atoms with Crippen molar-refractivity contribution in [2.45, 2.75) is 19.5 Å². The first-order valence-corrected chi connectivity index (χ1v) is 7.96. The monoisotopic (exact) mass is 337 g/mol. The van der Waals surface area contributed by atoms with Gasteiger partial charge in [-0.3, -0.25) is 9.78 Å². The number of fused-ring (bicyclic) bond motifs is 1. The summed E-state index contributed by atoms with van der Waals surface area (Å²) in [4.78, 5) is 24.8. The number of hydrogen-bond acceptors (Lipinski definition) is 5. The van der Waals surface area contributed by atoms with Crippen molar-refractivity contribution in [2.24, 2.45) is 5.92 Å². The third-order valence-corrected chi connectivity index (χ3v) is 4.33. The lowest BCUT2D eigenvalue weighted by atomic mass is 10.1. The third kappa shape index (κ3) is 2.88. The largest absolute Gasteiger partial charge is 0.383 e. The molecular formula is C18H16FN5O. The molecule has 126 valence electrons. The number of carbonyl (C=O) groups is 1. The molecule has 2 atom stereocenters. The van der Waals surface area contributed by atoms with E-state index in [-0.39, 0.29) is 12.3 Å². The molecule has 0 aliphatic heterocycles. The lowest BCUT2D eigenvalue weighted by molar-refractivity contribution is -0.117. The van der Waals surface area contributed by atoms with Gasteiger partial charge >= 0.3 is 0 Å². The fourth-order valence-corrected chi connectivity index (χ4v) is 2.79. The molecule has 0 unspecified atom stereocenters. The van der Waals surface area contributed by atoms with Crippen LogP contribution in [0.25, 0.3) is 22.0 Å². The van der Waals surface area contributed by atoms with Gasteiger partial charge in [0.2, 0.25) is 5.91 Å². The Bertz CT molecular complexity index is 990. The van der Waals surface area contributed by atoms with E-state index in [4.69, 9.17) is 5.73 Å². The number of amides is 1. The maximum atomic E-state index is 13.0. The lowest BCUT2D eigenvalue weighted by Crippen LogP contribution is -2.15. The van der Waals surface area contributed by atoms with Crippen LogP contribution in [0.4, 0.5) is 16.0 Å². The molecule has 7 heteroatoms. The van der Waals surface area contributed by atoms with Gasteiger partial charge in [0, 0.05) is 29.0 Å². The Morgan fingerprint density at radius 1 is 1.36 bits per heavy atom. The quantitative estimate of drug-likeness (QED) is 0.766. The molecule has 3 heterocycles. The average Bonchev–Trinajstić information content (AvgIpc) is 3.32. The SMILES string of the molecule is Cc1ncccc1-c1cc2cc(NC(=O)[C@@H]3C[C@@H]3F)ncc2c(N)n1. The molecule has 0 spiro atoms. The first-order valence-electron chi connectivity index (χ1n) is 7.96.